The molecule has 0 amide bonds. The lowest BCUT2D eigenvalue weighted by Crippen LogP contribution is -1.99. The van der Waals surface area contributed by atoms with Gasteiger partial charge in [0, 0.05) is 6.07 Å². The molecule has 0 spiro atoms. The van der Waals surface area contributed by atoms with Crippen molar-refractivity contribution in [3.63, 3.8) is 0 Å². The summed E-state index contributed by atoms with van der Waals surface area (Å²) in [5.41, 5.74) is 6.28. The van der Waals surface area contributed by atoms with Gasteiger partial charge in [-0.25, -0.2) is 9.97 Å². The van der Waals surface area contributed by atoms with Crippen molar-refractivity contribution in [3.8, 4) is 11.6 Å². The van der Waals surface area contributed by atoms with E-state index in [-0.39, 0.29) is 23.1 Å². The topological polar surface area (TPSA) is 104 Å². The summed E-state index contributed by atoms with van der Waals surface area (Å²) in [5.74, 6) is 0.422. The number of hydrogen-bond donors (Lipinski definition) is 1. The second-order valence-corrected chi connectivity index (χ2v) is 4.50. The number of rotatable bonds is 3. The van der Waals surface area contributed by atoms with Crippen LogP contribution in [0.15, 0.2) is 29.0 Å². The number of anilines is 1. The quantitative estimate of drug-likeness (QED) is 0.687. The molecule has 2 aromatic rings. The number of aryl methyl sites for hydroxylation is 1. The van der Waals surface area contributed by atoms with Crippen molar-refractivity contribution in [2.75, 3.05) is 5.73 Å². The number of nitrogens with two attached hydrogens (primary N) is 1. The van der Waals surface area contributed by atoms with E-state index in [1.54, 1.807) is 19.1 Å². The number of nitrogen functional groups attached to an aromatic ring is 1. The van der Waals surface area contributed by atoms with E-state index in [1.165, 1.54) is 12.4 Å². The van der Waals surface area contributed by atoms with Crippen molar-refractivity contribution in [3.05, 3.63) is 44.7 Å². The van der Waals surface area contributed by atoms with E-state index in [0.29, 0.717) is 4.47 Å². The molecule has 0 aliphatic heterocycles. The molecule has 0 saturated heterocycles. The van der Waals surface area contributed by atoms with Gasteiger partial charge in [-0.15, -0.1) is 0 Å². The van der Waals surface area contributed by atoms with E-state index in [1.807, 2.05) is 0 Å². The highest BCUT2D eigenvalue weighted by Crippen LogP contribution is 2.35. The minimum absolute atomic E-state index is 0.101. The zero-order chi connectivity index (χ0) is 14.0. The second-order valence-electron chi connectivity index (χ2n) is 3.71. The van der Waals surface area contributed by atoms with Gasteiger partial charge in [-0.05, 0) is 34.5 Å². The molecule has 1 aromatic carbocycles. The largest absolute Gasteiger partial charge is 0.430 e. The first-order valence-corrected chi connectivity index (χ1v) is 5.97. The third-order valence-corrected chi connectivity index (χ3v) is 3.05. The number of nitrogens with zero attached hydrogens (tertiary/aromatic N) is 3. The third-order valence-electron chi connectivity index (χ3n) is 2.30. The number of aromatic nitrogens is 2. The van der Waals surface area contributed by atoms with E-state index >= 15 is 0 Å². The summed E-state index contributed by atoms with van der Waals surface area (Å²) in [7, 11) is 0. The van der Waals surface area contributed by atoms with Crippen LogP contribution in [0.25, 0.3) is 0 Å². The van der Waals surface area contributed by atoms with Gasteiger partial charge in [0.2, 0.25) is 11.6 Å². The summed E-state index contributed by atoms with van der Waals surface area (Å²) < 4.78 is 5.80. The minimum atomic E-state index is -0.521. The van der Waals surface area contributed by atoms with Gasteiger partial charge in [0.05, 0.1) is 4.92 Å². The van der Waals surface area contributed by atoms with Crippen LogP contribution in [0.2, 0.25) is 0 Å². The lowest BCUT2D eigenvalue weighted by molar-refractivity contribution is -0.385. The number of nitro benzene ring substituents is 1. The number of halogens is 1. The Bertz CT molecular complexity index is 648. The Balaban J connectivity index is 2.45. The summed E-state index contributed by atoms with van der Waals surface area (Å²) in [6.45, 7) is 1.81. The van der Waals surface area contributed by atoms with Crippen LogP contribution >= 0.6 is 15.9 Å². The Morgan fingerprint density at radius 2 is 2.16 bits per heavy atom. The fourth-order valence-electron chi connectivity index (χ4n) is 1.40. The van der Waals surface area contributed by atoms with Gasteiger partial charge in [0.1, 0.15) is 16.6 Å². The molecule has 0 unspecified atom stereocenters. The van der Waals surface area contributed by atoms with Gasteiger partial charge in [0.25, 0.3) is 0 Å². The van der Waals surface area contributed by atoms with Crippen molar-refractivity contribution in [1.29, 1.82) is 0 Å². The van der Waals surface area contributed by atoms with E-state index in [0.717, 1.165) is 5.56 Å². The monoisotopic (exact) mass is 324 g/mol. The summed E-state index contributed by atoms with van der Waals surface area (Å²) in [5, 5.41) is 10.9. The zero-order valence-electron chi connectivity index (χ0n) is 9.83. The maximum atomic E-state index is 10.9. The van der Waals surface area contributed by atoms with Gasteiger partial charge in [-0.1, -0.05) is 6.07 Å². The molecule has 2 N–H and O–H groups in total. The summed E-state index contributed by atoms with van der Waals surface area (Å²) in [6.07, 6.45) is 1.22. The predicted octanol–water partition coefficient (Wildman–Crippen LogP) is 2.83. The van der Waals surface area contributed by atoms with Crippen LogP contribution in [0.5, 0.6) is 11.6 Å². The maximum absolute atomic E-state index is 10.9. The van der Waals surface area contributed by atoms with Crippen LogP contribution in [0.1, 0.15) is 5.56 Å². The standard InChI is InChI=1S/C11H9BrN4O3/c1-6-2-3-7(16(17)18)8(4-6)19-11-9(12)10(13)14-5-15-11/h2-5H,1H3,(H2,13,14,15). The lowest BCUT2D eigenvalue weighted by Gasteiger charge is -2.08. The third kappa shape index (κ3) is 2.79. The first-order chi connectivity index (χ1) is 8.99. The molecule has 0 radical (unpaired) electrons. The molecule has 1 aromatic heterocycles. The van der Waals surface area contributed by atoms with E-state index in [4.69, 9.17) is 10.5 Å². The molecule has 19 heavy (non-hydrogen) atoms. The first kappa shape index (κ1) is 13.2. The molecule has 2 rings (SSSR count). The molecule has 0 saturated carbocycles. The van der Waals surface area contributed by atoms with Gasteiger partial charge in [-0.2, -0.15) is 0 Å². The average Bonchev–Trinajstić information content (AvgIpc) is 2.35. The molecule has 8 heteroatoms. The Morgan fingerprint density at radius 3 is 2.84 bits per heavy atom. The van der Waals surface area contributed by atoms with Crippen molar-refractivity contribution in [2.24, 2.45) is 0 Å². The lowest BCUT2D eigenvalue weighted by atomic mass is 10.2. The van der Waals surface area contributed by atoms with Gasteiger partial charge >= 0.3 is 5.69 Å². The number of ether oxygens (including phenoxy) is 1. The van der Waals surface area contributed by atoms with Crippen LogP contribution in [-0.2, 0) is 0 Å². The second kappa shape index (κ2) is 5.19. The van der Waals surface area contributed by atoms with Crippen LogP contribution < -0.4 is 10.5 Å². The van der Waals surface area contributed by atoms with Gasteiger partial charge < -0.3 is 10.5 Å². The van der Waals surface area contributed by atoms with E-state index < -0.39 is 4.92 Å². The van der Waals surface area contributed by atoms with Crippen molar-refractivity contribution >= 4 is 27.4 Å². The van der Waals surface area contributed by atoms with Crippen LogP contribution in [0.3, 0.4) is 0 Å². The average molecular weight is 325 g/mol. The Morgan fingerprint density at radius 1 is 1.42 bits per heavy atom. The molecule has 0 bridgehead atoms. The van der Waals surface area contributed by atoms with Crippen molar-refractivity contribution in [2.45, 2.75) is 6.92 Å². The Hall–Kier alpha value is -2.22. The van der Waals surface area contributed by atoms with Crippen LogP contribution in [0, 0.1) is 17.0 Å². The summed E-state index contributed by atoms with van der Waals surface area (Å²) in [6, 6.07) is 4.57. The molecule has 0 atom stereocenters. The molecular weight excluding hydrogens is 316 g/mol. The highest BCUT2D eigenvalue weighted by atomic mass is 79.9. The Kier molecular flexibility index (Phi) is 3.61. The smallest absolute Gasteiger partial charge is 0.311 e. The van der Waals surface area contributed by atoms with Crippen LogP contribution in [0.4, 0.5) is 11.5 Å². The fraction of sp³-hybridized carbons (Fsp3) is 0.0909. The summed E-state index contributed by atoms with van der Waals surface area (Å²) in [4.78, 5) is 18.1. The molecule has 0 aliphatic carbocycles. The first-order valence-electron chi connectivity index (χ1n) is 5.18. The molecule has 7 nitrogen and oxygen atoms in total. The van der Waals surface area contributed by atoms with Crippen LogP contribution in [-0.4, -0.2) is 14.9 Å². The number of hydrogen-bond acceptors (Lipinski definition) is 6. The van der Waals surface area contributed by atoms with Crippen molar-refractivity contribution in [1.82, 2.24) is 9.97 Å². The molecular formula is C11H9BrN4O3. The predicted molar refractivity (Wildman–Crippen MR) is 72.1 cm³/mol. The molecule has 1 heterocycles. The SMILES string of the molecule is Cc1ccc([N+](=O)[O-])c(Oc2ncnc(N)c2Br)c1. The minimum Gasteiger partial charge on any atom is -0.430 e. The zero-order valence-corrected chi connectivity index (χ0v) is 11.4. The van der Waals surface area contributed by atoms with E-state index in [2.05, 4.69) is 25.9 Å². The number of nitro groups is 1. The van der Waals surface area contributed by atoms with Gasteiger partial charge in [-0.3, -0.25) is 10.1 Å². The van der Waals surface area contributed by atoms with Crippen molar-refractivity contribution < 1.29 is 9.66 Å². The maximum Gasteiger partial charge on any atom is 0.311 e. The van der Waals surface area contributed by atoms with Gasteiger partial charge in [0.15, 0.2) is 0 Å². The molecule has 0 aliphatic rings. The fourth-order valence-corrected chi connectivity index (χ4v) is 1.68. The molecule has 98 valence electrons. The summed E-state index contributed by atoms with van der Waals surface area (Å²) >= 11 is 3.17. The highest BCUT2D eigenvalue weighted by Gasteiger charge is 2.18. The van der Waals surface area contributed by atoms with E-state index in [9.17, 15) is 10.1 Å². The normalized spacial score (nSPS) is 10.2. The molecule has 0 fully saturated rings. The number of benzene rings is 1. The Labute approximate surface area is 116 Å². The highest BCUT2D eigenvalue weighted by molar-refractivity contribution is 9.10.